The van der Waals surface area contributed by atoms with Gasteiger partial charge in [-0.3, -0.25) is 9.78 Å². The Morgan fingerprint density at radius 3 is 2.74 bits per heavy atom. The largest absolute Gasteiger partial charge is 0.360 e. The number of thiophene rings is 1. The van der Waals surface area contributed by atoms with Gasteiger partial charge in [0.1, 0.15) is 6.17 Å². The first-order valence-electron chi connectivity index (χ1n) is 7.43. The molecule has 0 spiro atoms. The lowest BCUT2D eigenvalue weighted by molar-refractivity contribution is 0.0729. The number of amides is 1. The van der Waals surface area contributed by atoms with Gasteiger partial charge in [-0.2, -0.15) is 0 Å². The van der Waals surface area contributed by atoms with Gasteiger partial charge in [0, 0.05) is 16.8 Å². The van der Waals surface area contributed by atoms with Crippen molar-refractivity contribution in [2.45, 2.75) is 12.7 Å². The summed E-state index contributed by atoms with van der Waals surface area (Å²) in [5, 5.41) is 5.47. The van der Waals surface area contributed by atoms with Gasteiger partial charge in [0.15, 0.2) is 0 Å². The maximum Gasteiger partial charge on any atom is 0.258 e. The van der Waals surface area contributed by atoms with Crippen LogP contribution >= 0.6 is 11.3 Å². The highest BCUT2D eigenvalue weighted by molar-refractivity contribution is 7.09. The van der Waals surface area contributed by atoms with Crippen molar-refractivity contribution < 1.29 is 4.79 Å². The number of carbonyl (C=O) groups excluding carboxylic acids is 1. The molecule has 3 aromatic rings. The Balaban J connectivity index is 1.70. The second-order valence-corrected chi connectivity index (χ2v) is 6.39. The van der Waals surface area contributed by atoms with E-state index in [4.69, 9.17) is 0 Å². The van der Waals surface area contributed by atoms with E-state index in [2.05, 4.69) is 10.3 Å². The van der Waals surface area contributed by atoms with Gasteiger partial charge in [-0.25, -0.2) is 0 Å². The Morgan fingerprint density at radius 1 is 1.09 bits per heavy atom. The summed E-state index contributed by atoms with van der Waals surface area (Å²) in [6, 6.07) is 17.6. The third-order valence-electron chi connectivity index (χ3n) is 3.88. The molecule has 0 radical (unpaired) electrons. The van der Waals surface area contributed by atoms with E-state index in [0.29, 0.717) is 12.1 Å². The first kappa shape index (κ1) is 14.0. The quantitative estimate of drug-likeness (QED) is 0.792. The van der Waals surface area contributed by atoms with Crippen LogP contribution in [0.15, 0.2) is 66.2 Å². The van der Waals surface area contributed by atoms with Gasteiger partial charge in [-0.05, 0) is 35.7 Å². The number of hydrogen-bond acceptors (Lipinski definition) is 4. The van der Waals surface area contributed by atoms with Crippen LogP contribution in [-0.4, -0.2) is 15.8 Å². The monoisotopic (exact) mass is 321 g/mol. The summed E-state index contributed by atoms with van der Waals surface area (Å²) in [5.74, 6) is 0.0231. The van der Waals surface area contributed by atoms with E-state index in [1.54, 1.807) is 17.5 Å². The molecule has 2 aromatic heterocycles. The number of anilines is 1. The number of para-hydroxylation sites is 1. The summed E-state index contributed by atoms with van der Waals surface area (Å²) in [4.78, 5) is 20.2. The molecular formula is C18H15N3OS. The smallest absolute Gasteiger partial charge is 0.258 e. The van der Waals surface area contributed by atoms with Crippen LogP contribution < -0.4 is 5.32 Å². The molecule has 1 atom stereocenters. The van der Waals surface area contributed by atoms with Crippen LogP contribution in [0.1, 0.15) is 27.1 Å². The molecule has 1 N–H and O–H groups in total. The molecule has 114 valence electrons. The van der Waals surface area contributed by atoms with E-state index in [0.717, 1.165) is 16.3 Å². The molecule has 3 heterocycles. The fourth-order valence-electron chi connectivity index (χ4n) is 2.81. The number of rotatable bonds is 4. The molecule has 0 fully saturated rings. The van der Waals surface area contributed by atoms with E-state index in [1.807, 2.05) is 64.9 Å². The second kappa shape index (κ2) is 5.85. The summed E-state index contributed by atoms with van der Waals surface area (Å²) in [7, 11) is 0. The van der Waals surface area contributed by atoms with Crippen molar-refractivity contribution in [2.24, 2.45) is 0 Å². The molecule has 0 aliphatic carbocycles. The fraction of sp³-hybridized carbons (Fsp3) is 0.111. The van der Waals surface area contributed by atoms with Crippen molar-refractivity contribution in [3.05, 3.63) is 82.3 Å². The zero-order chi connectivity index (χ0) is 15.6. The maximum absolute atomic E-state index is 12.8. The maximum atomic E-state index is 12.8. The molecule has 0 saturated carbocycles. The van der Waals surface area contributed by atoms with Crippen molar-refractivity contribution in [3.8, 4) is 0 Å². The normalized spacial score (nSPS) is 16.4. The van der Waals surface area contributed by atoms with Gasteiger partial charge in [0.25, 0.3) is 5.91 Å². The Bertz CT molecular complexity index is 817. The molecular weight excluding hydrogens is 306 g/mol. The third-order valence-corrected chi connectivity index (χ3v) is 4.75. The lowest BCUT2D eigenvalue weighted by atomic mass is 10.2. The van der Waals surface area contributed by atoms with Gasteiger partial charge < -0.3 is 10.2 Å². The van der Waals surface area contributed by atoms with Crippen molar-refractivity contribution in [1.82, 2.24) is 9.88 Å². The van der Waals surface area contributed by atoms with Gasteiger partial charge >= 0.3 is 0 Å². The van der Waals surface area contributed by atoms with Gasteiger partial charge in [-0.15, -0.1) is 11.3 Å². The van der Waals surface area contributed by atoms with E-state index in [9.17, 15) is 4.79 Å². The third kappa shape index (κ3) is 2.59. The Kier molecular flexibility index (Phi) is 3.55. The van der Waals surface area contributed by atoms with E-state index in [1.165, 1.54) is 0 Å². The molecule has 1 aliphatic heterocycles. The minimum atomic E-state index is -0.247. The molecule has 0 saturated heterocycles. The standard InChI is InChI=1S/C18H15N3OS/c22-18-15-9-4-10-19-16(15)17(20-13-6-2-1-3-7-13)21(18)12-14-8-5-11-23-14/h1-11,17,20H,12H2/t17-/m0/s1. The molecule has 1 amide bonds. The van der Waals surface area contributed by atoms with E-state index in [-0.39, 0.29) is 12.1 Å². The molecule has 1 aromatic carbocycles. The Morgan fingerprint density at radius 2 is 1.96 bits per heavy atom. The van der Waals surface area contributed by atoms with Crippen LogP contribution in [0.4, 0.5) is 5.69 Å². The predicted octanol–water partition coefficient (Wildman–Crippen LogP) is 3.91. The minimum absolute atomic E-state index is 0.0231. The van der Waals surface area contributed by atoms with Crippen LogP contribution in [0, 0.1) is 0 Å². The summed E-state index contributed by atoms with van der Waals surface area (Å²) in [6.07, 6.45) is 1.49. The van der Waals surface area contributed by atoms with E-state index < -0.39 is 0 Å². The Labute approximate surface area is 138 Å². The molecule has 4 rings (SSSR count). The molecule has 0 bridgehead atoms. The van der Waals surface area contributed by atoms with Crippen molar-refractivity contribution in [1.29, 1.82) is 0 Å². The number of fused-ring (bicyclic) bond motifs is 1. The molecule has 1 aliphatic rings. The van der Waals surface area contributed by atoms with Crippen LogP contribution in [0.5, 0.6) is 0 Å². The number of nitrogens with one attached hydrogen (secondary N) is 1. The van der Waals surface area contributed by atoms with Gasteiger partial charge in [0.2, 0.25) is 0 Å². The molecule has 5 heteroatoms. The van der Waals surface area contributed by atoms with Crippen LogP contribution in [0.25, 0.3) is 0 Å². The van der Waals surface area contributed by atoms with Crippen LogP contribution in [0.2, 0.25) is 0 Å². The highest BCUT2D eigenvalue weighted by atomic mass is 32.1. The van der Waals surface area contributed by atoms with Crippen molar-refractivity contribution >= 4 is 22.9 Å². The Hall–Kier alpha value is -2.66. The average molecular weight is 321 g/mol. The summed E-state index contributed by atoms with van der Waals surface area (Å²) in [5.41, 5.74) is 2.44. The average Bonchev–Trinajstić information content (AvgIpc) is 3.19. The molecule has 0 unspecified atom stereocenters. The number of nitrogens with zero attached hydrogens (tertiary/aromatic N) is 2. The van der Waals surface area contributed by atoms with Gasteiger partial charge in [0.05, 0.1) is 17.8 Å². The zero-order valence-electron chi connectivity index (χ0n) is 12.3. The summed E-state index contributed by atoms with van der Waals surface area (Å²) < 4.78 is 0. The number of carbonyl (C=O) groups is 1. The number of benzene rings is 1. The number of aromatic nitrogens is 1. The highest BCUT2D eigenvalue weighted by Crippen LogP contribution is 2.34. The predicted molar refractivity (Wildman–Crippen MR) is 91.2 cm³/mol. The first-order valence-corrected chi connectivity index (χ1v) is 8.31. The summed E-state index contributed by atoms with van der Waals surface area (Å²) in [6.45, 7) is 0.581. The molecule has 23 heavy (non-hydrogen) atoms. The number of hydrogen-bond donors (Lipinski definition) is 1. The van der Waals surface area contributed by atoms with Crippen LogP contribution in [-0.2, 0) is 6.54 Å². The summed E-state index contributed by atoms with van der Waals surface area (Å²) >= 11 is 1.66. The zero-order valence-corrected chi connectivity index (χ0v) is 13.2. The second-order valence-electron chi connectivity index (χ2n) is 5.36. The van der Waals surface area contributed by atoms with Crippen molar-refractivity contribution in [2.75, 3.05) is 5.32 Å². The molecule has 4 nitrogen and oxygen atoms in total. The topological polar surface area (TPSA) is 45.2 Å². The SMILES string of the molecule is O=C1c2cccnc2[C@@H](Nc2ccccc2)N1Cc1cccs1. The highest BCUT2D eigenvalue weighted by Gasteiger charge is 2.37. The minimum Gasteiger partial charge on any atom is -0.360 e. The van der Waals surface area contributed by atoms with E-state index >= 15 is 0 Å². The lowest BCUT2D eigenvalue weighted by Gasteiger charge is -2.26. The van der Waals surface area contributed by atoms with Crippen molar-refractivity contribution in [3.63, 3.8) is 0 Å². The van der Waals surface area contributed by atoms with Gasteiger partial charge in [-0.1, -0.05) is 24.3 Å². The fourth-order valence-corrected chi connectivity index (χ4v) is 3.51. The first-order chi connectivity index (χ1) is 11.3. The van der Waals surface area contributed by atoms with Crippen LogP contribution in [0.3, 0.4) is 0 Å². The number of pyridine rings is 1. The lowest BCUT2D eigenvalue weighted by Crippen LogP contribution is -2.31.